The topological polar surface area (TPSA) is 82.2 Å². The van der Waals surface area contributed by atoms with Crippen LogP contribution in [-0.4, -0.2) is 16.0 Å². The maximum atomic E-state index is 12.1. The third kappa shape index (κ3) is 2.06. The zero-order valence-corrected chi connectivity index (χ0v) is 11.0. The van der Waals surface area contributed by atoms with Gasteiger partial charge in [-0.3, -0.25) is 9.59 Å². The Morgan fingerprint density at radius 2 is 1.95 bits per heavy atom. The summed E-state index contributed by atoms with van der Waals surface area (Å²) in [7, 11) is 0. The van der Waals surface area contributed by atoms with Gasteiger partial charge in [0.1, 0.15) is 16.1 Å². The van der Waals surface area contributed by atoms with Crippen molar-refractivity contribution in [3.8, 4) is 5.75 Å². The van der Waals surface area contributed by atoms with E-state index in [1.807, 2.05) is 6.07 Å². The molecule has 0 aliphatic carbocycles. The molecule has 0 saturated heterocycles. The predicted octanol–water partition coefficient (Wildman–Crippen LogP) is 2.55. The van der Waals surface area contributed by atoms with Gasteiger partial charge in [-0.25, -0.2) is 0 Å². The molecule has 0 aliphatic heterocycles. The van der Waals surface area contributed by atoms with Gasteiger partial charge in [0.25, 0.3) is 11.5 Å². The Hall–Kier alpha value is -2.60. The fourth-order valence-corrected chi connectivity index (χ4v) is 2.71. The second-order valence-electron chi connectivity index (χ2n) is 4.16. The van der Waals surface area contributed by atoms with Crippen molar-refractivity contribution < 1.29 is 9.90 Å². The van der Waals surface area contributed by atoms with E-state index in [1.54, 1.807) is 35.7 Å². The number of anilines is 1. The summed E-state index contributed by atoms with van der Waals surface area (Å²) < 4.78 is 0. The molecule has 0 atom stereocenters. The summed E-state index contributed by atoms with van der Waals surface area (Å²) in [5.41, 5.74) is -0.327. The van der Waals surface area contributed by atoms with Gasteiger partial charge in [-0.1, -0.05) is 18.2 Å². The van der Waals surface area contributed by atoms with E-state index in [0.717, 1.165) is 0 Å². The fraction of sp³-hybridized carbons (Fsp3) is 0. The average molecular weight is 286 g/mol. The first-order chi connectivity index (χ1) is 9.66. The first-order valence-corrected chi connectivity index (χ1v) is 6.73. The Balaban J connectivity index is 2.05. The summed E-state index contributed by atoms with van der Waals surface area (Å²) in [6, 6.07) is 10.4. The van der Waals surface area contributed by atoms with Crippen molar-refractivity contribution >= 4 is 33.1 Å². The second-order valence-corrected chi connectivity index (χ2v) is 5.08. The fourth-order valence-electron chi connectivity index (χ4n) is 1.93. The van der Waals surface area contributed by atoms with Gasteiger partial charge in [0.15, 0.2) is 0 Å². The number of aromatic hydroxyl groups is 1. The molecular formula is C14H10N2O3S. The van der Waals surface area contributed by atoms with E-state index in [1.165, 1.54) is 11.3 Å². The molecule has 2 heterocycles. The number of rotatable bonds is 2. The van der Waals surface area contributed by atoms with Crippen LogP contribution in [0.15, 0.2) is 46.6 Å². The lowest BCUT2D eigenvalue weighted by atomic mass is 10.2. The lowest BCUT2D eigenvalue weighted by Gasteiger charge is -2.06. The van der Waals surface area contributed by atoms with Crippen LogP contribution in [0, 0.1) is 0 Å². The highest BCUT2D eigenvalue weighted by atomic mass is 32.1. The van der Waals surface area contributed by atoms with Crippen LogP contribution in [0.1, 0.15) is 10.4 Å². The van der Waals surface area contributed by atoms with Crippen molar-refractivity contribution in [3.05, 3.63) is 57.7 Å². The van der Waals surface area contributed by atoms with E-state index in [2.05, 4.69) is 10.3 Å². The number of benzene rings is 1. The standard InChI is InChI=1S/C14H10N2O3S/c17-11-9-6-7-20-14(9)16-13(19)10(11)12(18)15-8-4-2-1-3-5-8/h1-7H,(H,15,18)(H2,16,17,19). The number of H-pyrrole nitrogens is 1. The Morgan fingerprint density at radius 1 is 1.20 bits per heavy atom. The molecule has 0 radical (unpaired) electrons. The smallest absolute Gasteiger partial charge is 0.265 e. The number of pyridine rings is 1. The van der Waals surface area contributed by atoms with Gasteiger partial charge in [0.05, 0.1) is 5.39 Å². The lowest BCUT2D eigenvalue weighted by molar-refractivity contribution is 0.102. The Morgan fingerprint density at radius 3 is 2.70 bits per heavy atom. The van der Waals surface area contributed by atoms with E-state index in [4.69, 9.17) is 0 Å². The minimum atomic E-state index is -0.636. The molecule has 3 N–H and O–H groups in total. The third-order valence-corrected chi connectivity index (χ3v) is 3.70. The first-order valence-electron chi connectivity index (χ1n) is 5.85. The molecule has 100 valence electrons. The zero-order valence-electron chi connectivity index (χ0n) is 10.2. The van der Waals surface area contributed by atoms with Crippen LogP contribution < -0.4 is 10.9 Å². The number of nitrogens with one attached hydrogen (secondary N) is 2. The highest BCUT2D eigenvalue weighted by Crippen LogP contribution is 2.28. The van der Waals surface area contributed by atoms with E-state index >= 15 is 0 Å². The second kappa shape index (κ2) is 4.82. The summed E-state index contributed by atoms with van der Waals surface area (Å²) in [6.45, 7) is 0. The molecule has 3 rings (SSSR count). The summed E-state index contributed by atoms with van der Waals surface area (Å²) in [5, 5.41) is 14.9. The van der Waals surface area contributed by atoms with Gasteiger partial charge < -0.3 is 15.4 Å². The van der Waals surface area contributed by atoms with Crippen molar-refractivity contribution in [1.82, 2.24) is 4.98 Å². The van der Waals surface area contributed by atoms with Crippen LogP contribution in [0.3, 0.4) is 0 Å². The Labute approximate surface area is 117 Å². The number of aromatic nitrogens is 1. The van der Waals surface area contributed by atoms with Crippen molar-refractivity contribution in [2.24, 2.45) is 0 Å². The highest BCUT2D eigenvalue weighted by Gasteiger charge is 2.19. The minimum absolute atomic E-state index is 0.278. The molecule has 0 bridgehead atoms. The minimum Gasteiger partial charge on any atom is -0.506 e. The highest BCUT2D eigenvalue weighted by molar-refractivity contribution is 7.16. The number of amides is 1. The van der Waals surface area contributed by atoms with Gasteiger partial charge in [-0.2, -0.15) is 0 Å². The molecule has 1 aromatic carbocycles. The van der Waals surface area contributed by atoms with Gasteiger partial charge in [-0.15, -0.1) is 11.3 Å². The summed E-state index contributed by atoms with van der Waals surface area (Å²) in [6.07, 6.45) is 0. The molecule has 0 unspecified atom stereocenters. The van der Waals surface area contributed by atoms with Crippen LogP contribution in [0.4, 0.5) is 5.69 Å². The van der Waals surface area contributed by atoms with E-state index in [9.17, 15) is 14.7 Å². The van der Waals surface area contributed by atoms with Crippen molar-refractivity contribution in [2.45, 2.75) is 0 Å². The number of carbonyl (C=O) groups excluding carboxylic acids is 1. The molecule has 0 aliphatic rings. The monoisotopic (exact) mass is 286 g/mol. The van der Waals surface area contributed by atoms with Gasteiger partial charge in [-0.05, 0) is 23.6 Å². The van der Waals surface area contributed by atoms with Crippen molar-refractivity contribution in [3.63, 3.8) is 0 Å². The van der Waals surface area contributed by atoms with E-state index in [0.29, 0.717) is 15.9 Å². The largest absolute Gasteiger partial charge is 0.506 e. The quantitative estimate of drug-likeness (QED) is 0.677. The SMILES string of the molecule is O=C(Nc1ccccc1)c1c(O)c2ccsc2[nH]c1=O. The van der Waals surface area contributed by atoms with E-state index < -0.39 is 11.5 Å². The Bertz CT molecular complexity index is 836. The summed E-state index contributed by atoms with van der Waals surface area (Å²) in [4.78, 5) is 27.2. The molecule has 0 spiro atoms. The van der Waals surface area contributed by atoms with E-state index in [-0.39, 0.29) is 11.3 Å². The maximum Gasteiger partial charge on any atom is 0.265 e. The normalized spacial score (nSPS) is 10.6. The van der Waals surface area contributed by atoms with Crippen LogP contribution in [0.25, 0.3) is 10.2 Å². The molecule has 0 saturated carbocycles. The van der Waals surface area contributed by atoms with Gasteiger partial charge in [0, 0.05) is 5.69 Å². The van der Waals surface area contributed by atoms with Gasteiger partial charge >= 0.3 is 0 Å². The lowest BCUT2D eigenvalue weighted by Crippen LogP contribution is -2.23. The third-order valence-electron chi connectivity index (χ3n) is 2.87. The van der Waals surface area contributed by atoms with Crippen molar-refractivity contribution in [2.75, 3.05) is 5.32 Å². The number of hydrogen-bond donors (Lipinski definition) is 3. The zero-order chi connectivity index (χ0) is 14.1. The van der Waals surface area contributed by atoms with Crippen LogP contribution >= 0.6 is 11.3 Å². The number of thiophene rings is 1. The molecule has 0 fully saturated rings. The molecule has 2 aromatic heterocycles. The molecule has 20 heavy (non-hydrogen) atoms. The first kappa shape index (κ1) is 12.4. The summed E-state index contributed by atoms with van der Waals surface area (Å²) in [5.74, 6) is -0.929. The molecule has 6 heteroatoms. The van der Waals surface area contributed by atoms with Crippen LogP contribution in [0.5, 0.6) is 5.75 Å². The molecule has 5 nitrogen and oxygen atoms in total. The Kier molecular flexibility index (Phi) is 3.00. The number of fused-ring (bicyclic) bond motifs is 1. The molecular weight excluding hydrogens is 276 g/mol. The number of aromatic amines is 1. The number of carbonyl (C=O) groups is 1. The van der Waals surface area contributed by atoms with Crippen LogP contribution in [0.2, 0.25) is 0 Å². The van der Waals surface area contributed by atoms with Gasteiger partial charge in [0.2, 0.25) is 0 Å². The molecule has 3 aromatic rings. The summed E-state index contributed by atoms with van der Waals surface area (Å²) >= 11 is 1.29. The predicted molar refractivity (Wildman–Crippen MR) is 78.5 cm³/mol. The average Bonchev–Trinajstić information content (AvgIpc) is 2.88. The number of para-hydroxylation sites is 1. The van der Waals surface area contributed by atoms with Crippen LogP contribution in [-0.2, 0) is 0 Å². The molecule has 1 amide bonds. The van der Waals surface area contributed by atoms with Crippen molar-refractivity contribution in [1.29, 1.82) is 0 Å². The number of hydrogen-bond acceptors (Lipinski definition) is 4. The maximum absolute atomic E-state index is 12.1.